The number of nitrogens with one attached hydrogen (secondary N) is 1. The van der Waals surface area contributed by atoms with Crippen LogP contribution in [-0.2, 0) is 14.8 Å². The van der Waals surface area contributed by atoms with Gasteiger partial charge in [0.25, 0.3) is 5.91 Å². The van der Waals surface area contributed by atoms with E-state index in [1.54, 1.807) is 12.1 Å². The number of carbonyl (C=O) groups excluding carboxylic acids is 1. The van der Waals surface area contributed by atoms with Crippen LogP contribution in [0.1, 0.15) is 22.7 Å². The molecule has 0 spiro atoms. The maximum atomic E-state index is 13.3. The minimum absolute atomic E-state index is 0.146. The van der Waals surface area contributed by atoms with E-state index in [2.05, 4.69) is 5.32 Å². The van der Waals surface area contributed by atoms with Crippen LogP contribution in [0.3, 0.4) is 0 Å². The molecule has 3 aromatic rings. The number of ether oxygens (including phenoxy) is 1. The van der Waals surface area contributed by atoms with E-state index >= 15 is 0 Å². The third-order valence-corrected chi connectivity index (χ3v) is 6.78. The first-order valence-electron chi connectivity index (χ1n) is 10.1. The van der Waals surface area contributed by atoms with Crippen molar-refractivity contribution in [1.82, 2.24) is 5.32 Å². The number of benzene rings is 3. The number of carbonyl (C=O) groups is 1. The molecule has 8 heteroatoms. The molecule has 0 aliphatic carbocycles. The van der Waals surface area contributed by atoms with E-state index in [-0.39, 0.29) is 6.54 Å². The fourth-order valence-electron chi connectivity index (χ4n) is 3.81. The Hall–Kier alpha value is -3.03. The maximum absolute atomic E-state index is 13.3. The molecule has 6 nitrogen and oxygen atoms in total. The Kier molecular flexibility index (Phi) is 6.13. The van der Waals surface area contributed by atoms with Crippen molar-refractivity contribution in [1.29, 1.82) is 0 Å². The Morgan fingerprint density at radius 1 is 1.09 bits per heavy atom. The molecule has 0 bridgehead atoms. The molecule has 3 aromatic carbocycles. The minimum Gasteiger partial charge on any atom is -0.476 e. The smallest absolute Gasteiger partial charge is 0.263 e. The summed E-state index contributed by atoms with van der Waals surface area (Å²) in [6, 6.07) is 21.7. The monoisotopic (exact) mass is 470 g/mol. The lowest BCUT2D eigenvalue weighted by Gasteiger charge is -2.35. The molecule has 1 aliphatic heterocycles. The van der Waals surface area contributed by atoms with Gasteiger partial charge in [-0.2, -0.15) is 0 Å². The number of aryl methyl sites for hydroxylation is 1. The van der Waals surface area contributed by atoms with Gasteiger partial charge in [0.1, 0.15) is 5.75 Å². The second-order valence-corrected chi connectivity index (χ2v) is 10.1. The zero-order valence-corrected chi connectivity index (χ0v) is 19.2. The number of amides is 1. The molecule has 166 valence electrons. The van der Waals surface area contributed by atoms with Gasteiger partial charge in [0.05, 0.1) is 24.5 Å². The van der Waals surface area contributed by atoms with Gasteiger partial charge in [-0.3, -0.25) is 9.10 Å². The molecule has 0 fully saturated rings. The molecule has 1 N–H and O–H groups in total. The summed E-state index contributed by atoms with van der Waals surface area (Å²) in [5.41, 5.74) is 3.22. The average molecular weight is 471 g/mol. The summed E-state index contributed by atoms with van der Waals surface area (Å²) >= 11 is 6.05. The molecule has 32 heavy (non-hydrogen) atoms. The summed E-state index contributed by atoms with van der Waals surface area (Å²) in [5, 5.41) is 3.44. The van der Waals surface area contributed by atoms with Crippen LogP contribution in [0.5, 0.6) is 5.75 Å². The van der Waals surface area contributed by atoms with Crippen molar-refractivity contribution < 1.29 is 17.9 Å². The zero-order chi connectivity index (χ0) is 22.9. The molecule has 0 saturated heterocycles. The average Bonchev–Trinajstić information content (AvgIpc) is 2.77. The van der Waals surface area contributed by atoms with Gasteiger partial charge in [0.2, 0.25) is 10.0 Å². The Morgan fingerprint density at radius 2 is 1.78 bits per heavy atom. The number of halogens is 1. The summed E-state index contributed by atoms with van der Waals surface area (Å²) in [4.78, 5) is 13.3. The fourth-order valence-corrected chi connectivity index (χ4v) is 4.88. The van der Waals surface area contributed by atoms with Gasteiger partial charge in [0.15, 0.2) is 6.10 Å². The summed E-state index contributed by atoms with van der Waals surface area (Å²) in [6.07, 6.45) is 0.0755. The summed E-state index contributed by atoms with van der Waals surface area (Å²) < 4.78 is 31.9. The van der Waals surface area contributed by atoms with E-state index < -0.39 is 28.1 Å². The molecule has 0 unspecified atom stereocenters. The largest absolute Gasteiger partial charge is 0.476 e. The van der Waals surface area contributed by atoms with Crippen LogP contribution in [0.4, 0.5) is 5.69 Å². The van der Waals surface area contributed by atoms with Crippen molar-refractivity contribution in [3.05, 3.63) is 94.5 Å². The number of rotatable bonds is 5. The third kappa shape index (κ3) is 4.59. The van der Waals surface area contributed by atoms with Crippen molar-refractivity contribution in [2.24, 2.45) is 0 Å². The van der Waals surface area contributed by atoms with E-state index in [1.807, 2.05) is 61.5 Å². The SMILES string of the molecule is Cc1ccccc1[C@@H](NC(=O)[C@H]1CN(S(C)(=O)=O)c2cc(Cl)ccc2O1)c1ccccc1. The van der Waals surface area contributed by atoms with Crippen molar-refractivity contribution in [2.45, 2.75) is 19.1 Å². The van der Waals surface area contributed by atoms with E-state index in [0.717, 1.165) is 27.3 Å². The number of hydrogen-bond donors (Lipinski definition) is 1. The predicted molar refractivity (Wildman–Crippen MR) is 126 cm³/mol. The molecule has 2 atom stereocenters. The fraction of sp³-hybridized carbons (Fsp3) is 0.208. The van der Waals surface area contributed by atoms with Crippen molar-refractivity contribution in [3.63, 3.8) is 0 Å². The highest BCUT2D eigenvalue weighted by Gasteiger charge is 2.36. The van der Waals surface area contributed by atoms with E-state index in [9.17, 15) is 13.2 Å². The molecular weight excluding hydrogens is 448 g/mol. The van der Waals surface area contributed by atoms with Crippen LogP contribution in [0.2, 0.25) is 5.02 Å². The second-order valence-electron chi connectivity index (χ2n) is 7.72. The van der Waals surface area contributed by atoms with Gasteiger partial charge in [-0.25, -0.2) is 8.42 Å². The van der Waals surface area contributed by atoms with Gasteiger partial charge in [-0.1, -0.05) is 66.2 Å². The number of hydrogen-bond acceptors (Lipinski definition) is 4. The highest BCUT2D eigenvalue weighted by atomic mass is 35.5. The first-order valence-corrected chi connectivity index (χ1v) is 12.3. The normalized spacial score (nSPS) is 16.6. The predicted octanol–water partition coefficient (Wildman–Crippen LogP) is 4.08. The number of fused-ring (bicyclic) bond motifs is 1. The lowest BCUT2D eigenvalue weighted by Crippen LogP contribution is -2.51. The summed E-state index contributed by atoms with van der Waals surface area (Å²) in [7, 11) is -3.65. The first-order chi connectivity index (χ1) is 15.2. The highest BCUT2D eigenvalue weighted by Crippen LogP contribution is 2.37. The lowest BCUT2D eigenvalue weighted by atomic mass is 9.94. The van der Waals surface area contributed by atoms with Crippen molar-refractivity contribution in [3.8, 4) is 5.75 Å². The summed E-state index contributed by atoms with van der Waals surface area (Å²) in [6.45, 7) is 1.84. The molecule has 1 amide bonds. The van der Waals surface area contributed by atoms with Crippen molar-refractivity contribution in [2.75, 3.05) is 17.1 Å². The molecule has 1 heterocycles. The highest BCUT2D eigenvalue weighted by molar-refractivity contribution is 7.92. The standard InChI is InChI=1S/C24H23ClN2O4S/c1-16-8-6-7-11-19(16)23(17-9-4-3-5-10-17)26-24(28)22-15-27(32(2,29)30)20-14-18(25)12-13-21(20)31-22/h3-14,22-23H,15H2,1-2H3,(H,26,28)/t22-,23+/m1/s1. The van der Waals surface area contributed by atoms with E-state index in [1.165, 1.54) is 6.07 Å². The third-order valence-electron chi connectivity index (χ3n) is 5.40. The molecule has 1 aliphatic rings. The molecule has 0 radical (unpaired) electrons. The van der Waals surface area contributed by atoms with E-state index in [0.29, 0.717) is 16.5 Å². The zero-order valence-electron chi connectivity index (χ0n) is 17.7. The van der Waals surface area contributed by atoms with Gasteiger partial charge in [0, 0.05) is 5.02 Å². The molecule has 4 rings (SSSR count). The van der Waals surface area contributed by atoms with Gasteiger partial charge in [-0.05, 0) is 41.8 Å². The van der Waals surface area contributed by atoms with Crippen molar-refractivity contribution >= 4 is 33.2 Å². The van der Waals surface area contributed by atoms with Gasteiger partial charge in [-0.15, -0.1) is 0 Å². The number of sulfonamides is 1. The van der Waals surface area contributed by atoms with Gasteiger partial charge < -0.3 is 10.1 Å². The Bertz CT molecular complexity index is 1250. The molecule has 0 aromatic heterocycles. The Balaban J connectivity index is 1.67. The second kappa shape index (κ2) is 8.84. The van der Waals surface area contributed by atoms with E-state index in [4.69, 9.17) is 16.3 Å². The van der Waals surface area contributed by atoms with Gasteiger partial charge >= 0.3 is 0 Å². The Morgan fingerprint density at radius 3 is 2.47 bits per heavy atom. The molecule has 0 saturated carbocycles. The first kappa shape index (κ1) is 22.2. The quantitative estimate of drug-likeness (QED) is 0.609. The maximum Gasteiger partial charge on any atom is 0.263 e. The minimum atomic E-state index is -3.65. The van der Waals surface area contributed by atoms with Crippen LogP contribution in [-0.4, -0.2) is 33.2 Å². The number of anilines is 1. The summed E-state index contributed by atoms with van der Waals surface area (Å²) in [5.74, 6) is -0.116. The van der Waals surface area contributed by atoms with Crippen LogP contribution in [0.15, 0.2) is 72.8 Å². The van der Waals surface area contributed by atoms with Crippen LogP contribution < -0.4 is 14.4 Å². The lowest BCUT2D eigenvalue weighted by molar-refractivity contribution is -0.128. The Labute approximate surface area is 192 Å². The van der Waals surface area contributed by atoms with Crippen LogP contribution in [0.25, 0.3) is 0 Å². The number of nitrogens with zero attached hydrogens (tertiary/aromatic N) is 1. The van der Waals surface area contributed by atoms with Crippen LogP contribution >= 0.6 is 11.6 Å². The molecular formula is C24H23ClN2O4S. The topological polar surface area (TPSA) is 75.7 Å². The van der Waals surface area contributed by atoms with Crippen LogP contribution in [0, 0.1) is 6.92 Å².